The molecule has 2 aliphatic heterocycles. The van der Waals surface area contributed by atoms with Gasteiger partial charge in [-0.3, -0.25) is 14.3 Å². The summed E-state index contributed by atoms with van der Waals surface area (Å²) in [7, 11) is 1.45. The van der Waals surface area contributed by atoms with Crippen molar-refractivity contribution in [2.45, 2.75) is 37.5 Å². The number of amides is 4. The van der Waals surface area contributed by atoms with Crippen molar-refractivity contribution in [1.29, 1.82) is 0 Å². The maximum atomic E-state index is 13.7. The number of hydrogen-bond acceptors (Lipinski definition) is 6. The standard InChI is InChI=1S/C28H31ClF3N9O3/c1-37-22(20-15-41(18-3-4-18)36-23(20)28(30,31)32)13-34-24(37)25(42)35-17-2-5-19(21(29)12-17)26(43)38-8-10-39(11-9-38)27(44)40-7-6-16(33)14-40/h2,5,12-13,15-16,18H,3-4,6-11,14,33H2,1H3,(H,35,42)/t16-/m1/s1. The number of urea groups is 1. The first kappa shape index (κ1) is 29.9. The summed E-state index contributed by atoms with van der Waals surface area (Å²) >= 11 is 6.44. The van der Waals surface area contributed by atoms with Crippen molar-refractivity contribution in [3.05, 3.63) is 52.7 Å². The molecule has 1 aromatic carbocycles. The molecular weight excluding hydrogens is 603 g/mol. The van der Waals surface area contributed by atoms with E-state index in [-0.39, 0.29) is 57.4 Å². The predicted molar refractivity (Wildman–Crippen MR) is 154 cm³/mol. The highest BCUT2D eigenvalue weighted by Crippen LogP contribution is 2.41. The number of benzene rings is 1. The first-order chi connectivity index (χ1) is 20.9. The highest BCUT2D eigenvalue weighted by molar-refractivity contribution is 6.34. The zero-order valence-corrected chi connectivity index (χ0v) is 24.6. The molecule has 44 heavy (non-hydrogen) atoms. The second kappa shape index (κ2) is 11.4. The highest BCUT2D eigenvalue weighted by atomic mass is 35.5. The van der Waals surface area contributed by atoms with Gasteiger partial charge in [0, 0.05) is 64.2 Å². The maximum absolute atomic E-state index is 13.7. The van der Waals surface area contributed by atoms with E-state index in [1.54, 1.807) is 14.7 Å². The number of halogens is 4. The molecule has 2 aromatic heterocycles. The Hall–Kier alpha value is -4.11. The van der Waals surface area contributed by atoms with Gasteiger partial charge in [0.25, 0.3) is 11.8 Å². The number of rotatable bonds is 5. The second-order valence-electron chi connectivity index (χ2n) is 11.3. The second-order valence-corrected chi connectivity index (χ2v) is 11.7. The molecule has 1 aliphatic carbocycles. The van der Waals surface area contributed by atoms with Crippen LogP contribution < -0.4 is 11.1 Å². The van der Waals surface area contributed by atoms with E-state index in [0.717, 1.165) is 19.3 Å². The van der Waals surface area contributed by atoms with E-state index in [1.165, 1.54) is 46.9 Å². The molecule has 1 saturated carbocycles. The number of anilines is 1. The van der Waals surface area contributed by atoms with Gasteiger partial charge in [0.15, 0.2) is 11.5 Å². The van der Waals surface area contributed by atoms with Crippen molar-refractivity contribution >= 4 is 35.1 Å². The summed E-state index contributed by atoms with van der Waals surface area (Å²) in [6.07, 6.45) is 0.174. The Kier molecular flexibility index (Phi) is 7.78. The molecule has 0 radical (unpaired) electrons. The number of carbonyl (C=O) groups excluding carboxylic acids is 3. The summed E-state index contributed by atoms with van der Waals surface area (Å²) in [4.78, 5) is 48.1. The summed E-state index contributed by atoms with van der Waals surface area (Å²) in [5, 5.41) is 6.52. The van der Waals surface area contributed by atoms with Crippen molar-refractivity contribution < 1.29 is 27.6 Å². The maximum Gasteiger partial charge on any atom is 0.435 e. The van der Waals surface area contributed by atoms with Gasteiger partial charge in [-0.05, 0) is 37.5 Å². The van der Waals surface area contributed by atoms with Crippen LogP contribution in [0.1, 0.15) is 52.0 Å². The normalized spacial score (nSPS) is 19.0. The average Bonchev–Trinajstić information content (AvgIpc) is 3.38. The number of alkyl halides is 3. The molecule has 234 valence electrons. The lowest BCUT2D eigenvalue weighted by atomic mass is 10.1. The summed E-state index contributed by atoms with van der Waals surface area (Å²) in [5.41, 5.74) is 5.34. The minimum absolute atomic E-state index is 0.00737. The number of piperazine rings is 1. The molecule has 3 fully saturated rings. The number of nitrogens with zero attached hydrogens (tertiary/aromatic N) is 7. The van der Waals surface area contributed by atoms with Crippen LogP contribution in [0.4, 0.5) is 23.7 Å². The van der Waals surface area contributed by atoms with E-state index < -0.39 is 17.8 Å². The lowest BCUT2D eigenvalue weighted by molar-refractivity contribution is -0.141. The minimum atomic E-state index is -4.68. The van der Waals surface area contributed by atoms with E-state index in [4.69, 9.17) is 17.3 Å². The number of nitrogens with one attached hydrogen (secondary N) is 1. The number of aromatic nitrogens is 4. The van der Waals surface area contributed by atoms with Gasteiger partial charge < -0.3 is 30.3 Å². The first-order valence-corrected chi connectivity index (χ1v) is 14.7. The highest BCUT2D eigenvalue weighted by Gasteiger charge is 2.40. The first-order valence-electron chi connectivity index (χ1n) is 14.3. The number of nitrogens with two attached hydrogens (primary N) is 1. The molecule has 3 N–H and O–H groups in total. The van der Waals surface area contributed by atoms with Gasteiger partial charge in [-0.25, -0.2) is 9.78 Å². The number of hydrogen-bond donors (Lipinski definition) is 2. The third-order valence-electron chi connectivity index (χ3n) is 8.18. The summed E-state index contributed by atoms with van der Waals surface area (Å²) in [6, 6.07) is 4.29. The van der Waals surface area contributed by atoms with Crippen molar-refractivity contribution in [3.63, 3.8) is 0 Å². The molecule has 12 nitrogen and oxygen atoms in total. The van der Waals surface area contributed by atoms with Gasteiger partial charge in [0.1, 0.15) is 0 Å². The predicted octanol–water partition coefficient (Wildman–Crippen LogP) is 3.45. The third kappa shape index (κ3) is 5.85. The Morgan fingerprint density at radius 1 is 1.02 bits per heavy atom. The monoisotopic (exact) mass is 633 g/mol. The van der Waals surface area contributed by atoms with Crippen LogP contribution in [0.15, 0.2) is 30.6 Å². The van der Waals surface area contributed by atoms with Crippen LogP contribution in [0.5, 0.6) is 0 Å². The van der Waals surface area contributed by atoms with E-state index in [1.807, 2.05) is 0 Å². The largest absolute Gasteiger partial charge is 0.435 e. The molecule has 0 unspecified atom stereocenters. The van der Waals surface area contributed by atoms with E-state index in [2.05, 4.69) is 15.4 Å². The van der Waals surface area contributed by atoms with Gasteiger partial charge in [0.05, 0.1) is 34.1 Å². The lowest BCUT2D eigenvalue weighted by Crippen LogP contribution is -2.54. The van der Waals surface area contributed by atoms with Gasteiger partial charge in [0.2, 0.25) is 0 Å². The Morgan fingerprint density at radius 2 is 1.73 bits per heavy atom. The Balaban J connectivity index is 1.10. The van der Waals surface area contributed by atoms with Crippen molar-refractivity contribution in [2.75, 3.05) is 44.6 Å². The quantitative estimate of drug-likeness (QED) is 0.442. The van der Waals surface area contributed by atoms with E-state index in [9.17, 15) is 27.6 Å². The van der Waals surface area contributed by atoms with Gasteiger partial charge in [-0.15, -0.1) is 0 Å². The topological polar surface area (TPSA) is 135 Å². The summed E-state index contributed by atoms with van der Waals surface area (Å²) in [5.74, 6) is -1.09. The molecule has 2 saturated heterocycles. The van der Waals surface area contributed by atoms with E-state index >= 15 is 0 Å². The molecule has 0 spiro atoms. The Labute approximate surface area is 255 Å². The Bertz CT molecular complexity index is 1610. The van der Waals surface area contributed by atoms with Crippen LogP contribution >= 0.6 is 11.6 Å². The molecule has 4 amide bonds. The molecule has 1 atom stereocenters. The third-order valence-corrected chi connectivity index (χ3v) is 8.49. The number of imidazole rings is 1. The van der Waals surface area contributed by atoms with Crippen molar-refractivity contribution in [3.8, 4) is 11.3 Å². The average molecular weight is 634 g/mol. The lowest BCUT2D eigenvalue weighted by Gasteiger charge is -2.36. The molecule has 0 bridgehead atoms. The van der Waals surface area contributed by atoms with Crippen LogP contribution in [0.3, 0.4) is 0 Å². The summed E-state index contributed by atoms with van der Waals surface area (Å²) in [6.45, 7) is 2.62. The van der Waals surface area contributed by atoms with Crippen LogP contribution in [0.2, 0.25) is 5.02 Å². The van der Waals surface area contributed by atoms with Gasteiger partial charge in [-0.2, -0.15) is 18.3 Å². The van der Waals surface area contributed by atoms with Gasteiger partial charge >= 0.3 is 12.2 Å². The fraction of sp³-hybridized carbons (Fsp3) is 0.464. The fourth-order valence-corrected chi connectivity index (χ4v) is 5.83. The fourth-order valence-electron chi connectivity index (χ4n) is 5.57. The van der Waals surface area contributed by atoms with E-state index in [0.29, 0.717) is 39.3 Å². The molecule has 3 aliphatic rings. The molecule has 16 heteroatoms. The SMILES string of the molecule is Cn1c(-c2cn(C3CC3)nc2C(F)(F)F)cnc1C(=O)Nc1ccc(C(=O)N2CCN(C(=O)N3CC[C@@H](N)C3)CC2)c(Cl)c1. The molecule has 3 aromatic rings. The Morgan fingerprint density at radius 3 is 2.34 bits per heavy atom. The summed E-state index contributed by atoms with van der Waals surface area (Å²) < 4.78 is 43.8. The molecular formula is C28H31ClF3N9O3. The molecule has 4 heterocycles. The zero-order valence-electron chi connectivity index (χ0n) is 23.8. The smallest absolute Gasteiger partial charge is 0.335 e. The van der Waals surface area contributed by atoms with Crippen LogP contribution in [-0.4, -0.2) is 97.2 Å². The van der Waals surface area contributed by atoms with Crippen molar-refractivity contribution in [2.24, 2.45) is 12.8 Å². The number of carbonyl (C=O) groups is 3. The number of likely N-dealkylation sites (tertiary alicyclic amines) is 1. The van der Waals surface area contributed by atoms with Crippen LogP contribution in [-0.2, 0) is 13.2 Å². The van der Waals surface area contributed by atoms with Crippen molar-refractivity contribution in [1.82, 2.24) is 34.0 Å². The zero-order chi connectivity index (χ0) is 31.3. The minimum Gasteiger partial charge on any atom is -0.335 e. The molecule has 6 rings (SSSR count). The van der Waals surface area contributed by atoms with Gasteiger partial charge in [-0.1, -0.05) is 11.6 Å². The van der Waals surface area contributed by atoms with Crippen LogP contribution in [0.25, 0.3) is 11.3 Å². The van der Waals surface area contributed by atoms with Crippen LogP contribution in [0, 0.1) is 0 Å².